The molecule has 3 aliphatic rings. The van der Waals surface area contributed by atoms with E-state index in [4.69, 9.17) is 13.9 Å². The van der Waals surface area contributed by atoms with Crippen molar-refractivity contribution in [3.05, 3.63) is 24.2 Å². The number of methoxy groups -OCH3 is 1. The van der Waals surface area contributed by atoms with E-state index in [1.165, 1.54) is 7.11 Å². The van der Waals surface area contributed by atoms with Crippen LogP contribution in [0.1, 0.15) is 58.1 Å². The molecule has 6 heteroatoms. The van der Waals surface area contributed by atoms with Crippen LogP contribution in [0.25, 0.3) is 0 Å². The smallest absolute Gasteiger partial charge is 0.310 e. The van der Waals surface area contributed by atoms with E-state index in [1.807, 2.05) is 20.8 Å². The topological polar surface area (TPSA) is 82.8 Å². The van der Waals surface area contributed by atoms with E-state index in [-0.39, 0.29) is 41.4 Å². The fourth-order valence-corrected chi connectivity index (χ4v) is 6.40. The lowest BCUT2D eigenvalue weighted by molar-refractivity contribution is -0.204. The summed E-state index contributed by atoms with van der Waals surface area (Å²) in [5.41, 5.74) is -0.274. The Bertz CT molecular complexity index is 798. The summed E-state index contributed by atoms with van der Waals surface area (Å²) in [6, 6.07) is 1.80. The van der Waals surface area contributed by atoms with Gasteiger partial charge in [-0.1, -0.05) is 20.8 Å². The van der Waals surface area contributed by atoms with Gasteiger partial charge < -0.3 is 13.9 Å². The summed E-state index contributed by atoms with van der Waals surface area (Å²) in [6.07, 6.45) is 5.04. The number of fused-ring (bicyclic) bond motifs is 3. The Morgan fingerprint density at radius 2 is 2.00 bits per heavy atom. The van der Waals surface area contributed by atoms with E-state index in [0.717, 1.165) is 5.56 Å². The second-order valence-electron chi connectivity index (χ2n) is 9.34. The molecule has 4 rings (SSSR count). The number of rotatable bonds is 2. The normalized spacial score (nSPS) is 42.9. The maximum Gasteiger partial charge on any atom is 0.310 e. The van der Waals surface area contributed by atoms with Gasteiger partial charge in [0.2, 0.25) is 0 Å². The molecule has 28 heavy (non-hydrogen) atoms. The molecule has 1 unspecified atom stereocenters. The van der Waals surface area contributed by atoms with Gasteiger partial charge in [0.1, 0.15) is 11.9 Å². The molecule has 2 saturated carbocycles. The van der Waals surface area contributed by atoms with Crippen molar-refractivity contribution in [2.75, 3.05) is 7.11 Å². The molecule has 1 aromatic heterocycles. The zero-order valence-electron chi connectivity index (χ0n) is 16.9. The Labute approximate surface area is 164 Å². The van der Waals surface area contributed by atoms with Gasteiger partial charge in [-0.3, -0.25) is 14.4 Å². The molecule has 7 atom stereocenters. The van der Waals surface area contributed by atoms with Crippen LogP contribution in [-0.4, -0.2) is 24.8 Å². The van der Waals surface area contributed by atoms with Crippen LogP contribution in [0.2, 0.25) is 0 Å². The van der Waals surface area contributed by atoms with Gasteiger partial charge in [-0.25, -0.2) is 0 Å². The van der Waals surface area contributed by atoms with Crippen molar-refractivity contribution in [2.24, 2.45) is 34.5 Å². The standard InChI is InChI=1S/C22H28O6/c1-12-9-15(19(24)26-4)21(2)7-5-14-20(25)28-16(13-6-8-27-11-13)10-22(14,3)18(21)17(12)23/h6,8,11-12,14-16,18H,5,7,9-10H2,1-4H3/t12-,14?,15+,16-,18+,21+,22+/m1/s1. The minimum Gasteiger partial charge on any atom is -0.472 e. The number of hydrogen-bond acceptors (Lipinski definition) is 6. The highest BCUT2D eigenvalue weighted by Crippen LogP contribution is 2.65. The fourth-order valence-electron chi connectivity index (χ4n) is 6.40. The SMILES string of the molecule is COC(=O)[C@@H]1C[C@@H](C)C(=O)[C@H]2[C@@]1(C)CCC1C(=O)O[C@@H](c3ccoc3)C[C@@]12C. The predicted molar refractivity (Wildman–Crippen MR) is 98.9 cm³/mol. The summed E-state index contributed by atoms with van der Waals surface area (Å²) in [4.78, 5) is 39.0. The Kier molecular flexibility index (Phi) is 4.43. The first kappa shape index (κ1) is 19.2. The van der Waals surface area contributed by atoms with Crippen molar-refractivity contribution in [2.45, 2.75) is 52.6 Å². The van der Waals surface area contributed by atoms with E-state index in [2.05, 4.69) is 0 Å². The maximum absolute atomic E-state index is 13.5. The summed E-state index contributed by atoms with van der Waals surface area (Å²) in [5, 5.41) is 0. The summed E-state index contributed by atoms with van der Waals surface area (Å²) in [7, 11) is 1.40. The zero-order valence-corrected chi connectivity index (χ0v) is 16.9. The first-order valence-corrected chi connectivity index (χ1v) is 10.1. The highest BCUT2D eigenvalue weighted by Gasteiger charge is 2.66. The second-order valence-corrected chi connectivity index (χ2v) is 9.34. The van der Waals surface area contributed by atoms with Crippen molar-refractivity contribution in [3.8, 4) is 0 Å². The average Bonchev–Trinajstić information content (AvgIpc) is 3.18. The number of esters is 2. The van der Waals surface area contributed by atoms with Gasteiger partial charge in [0, 0.05) is 17.4 Å². The van der Waals surface area contributed by atoms with Gasteiger partial charge in [0.05, 0.1) is 31.5 Å². The molecule has 0 spiro atoms. The number of Topliss-reactive ketones (excluding diaryl/α,β-unsaturated/α-hetero) is 1. The van der Waals surface area contributed by atoms with E-state index >= 15 is 0 Å². The molecular weight excluding hydrogens is 360 g/mol. The maximum atomic E-state index is 13.5. The Balaban J connectivity index is 1.79. The van der Waals surface area contributed by atoms with E-state index < -0.39 is 16.9 Å². The van der Waals surface area contributed by atoms with Crippen LogP contribution in [0.3, 0.4) is 0 Å². The van der Waals surface area contributed by atoms with Crippen molar-refractivity contribution in [3.63, 3.8) is 0 Å². The average molecular weight is 388 g/mol. The monoisotopic (exact) mass is 388 g/mol. The number of carbonyl (C=O) groups excluding carboxylic acids is 3. The number of ether oxygens (including phenoxy) is 2. The molecule has 1 aliphatic heterocycles. The molecule has 0 bridgehead atoms. The molecule has 152 valence electrons. The van der Waals surface area contributed by atoms with Crippen molar-refractivity contribution < 1.29 is 28.3 Å². The first-order valence-electron chi connectivity index (χ1n) is 10.1. The minimum absolute atomic E-state index is 0.162. The third-order valence-electron chi connectivity index (χ3n) is 7.81. The highest BCUT2D eigenvalue weighted by molar-refractivity contribution is 5.90. The lowest BCUT2D eigenvalue weighted by atomic mass is 9.42. The molecule has 1 saturated heterocycles. The number of ketones is 1. The molecule has 3 fully saturated rings. The quantitative estimate of drug-likeness (QED) is 0.719. The van der Waals surface area contributed by atoms with Crippen molar-refractivity contribution in [1.29, 1.82) is 0 Å². The van der Waals surface area contributed by atoms with Gasteiger partial charge in [0.25, 0.3) is 0 Å². The molecule has 2 aliphatic carbocycles. The molecule has 0 aromatic carbocycles. The lowest BCUT2D eigenvalue weighted by Gasteiger charge is -2.61. The summed E-state index contributed by atoms with van der Waals surface area (Å²) in [6.45, 7) is 5.97. The van der Waals surface area contributed by atoms with Gasteiger partial charge in [-0.2, -0.15) is 0 Å². The highest BCUT2D eigenvalue weighted by atomic mass is 16.5. The number of furan rings is 1. The molecule has 0 N–H and O–H groups in total. The van der Waals surface area contributed by atoms with Crippen LogP contribution < -0.4 is 0 Å². The van der Waals surface area contributed by atoms with Gasteiger partial charge in [0.15, 0.2) is 0 Å². The number of hydrogen-bond donors (Lipinski definition) is 0. The molecule has 2 heterocycles. The van der Waals surface area contributed by atoms with Gasteiger partial charge >= 0.3 is 11.9 Å². The van der Waals surface area contributed by atoms with Gasteiger partial charge in [-0.15, -0.1) is 0 Å². The predicted octanol–water partition coefficient (Wildman–Crippen LogP) is 3.70. The lowest BCUT2D eigenvalue weighted by Crippen LogP contribution is -2.63. The van der Waals surface area contributed by atoms with Crippen molar-refractivity contribution >= 4 is 17.7 Å². The fraction of sp³-hybridized carbons (Fsp3) is 0.682. The molecule has 0 amide bonds. The Morgan fingerprint density at radius 1 is 1.25 bits per heavy atom. The summed E-state index contributed by atoms with van der Waals surface area (Å²) in [5.74, 6) is -1.62. The third kappa shape index (κ3) is 2.56. The second kappa shape index (κ2) is 6.46. The van der Waals surface area contributed by atoms with E-state index in [1.54, 1.807) is 18.6 Å². The third-order valence-corrected chi connectivity index (χ3v) is 7.81. The largest absolute Gasteiger partial charge is 0.472 e. The van der Waals surface area contributed by atoms with Crippen LogP contribution in [-0.2, 0) is 23.9 Å². The first-order chi connectivity index (χ1) is 13.2. The molecular formula is C22H28O6. The molecule has 1 aromatic rings. The summed E-state index contributed by atoms with van der Waals surface area (Å²) >= 11 is 0. The zero-order chi connectivity index (χ0) is 20.3. The van der Waals surface area contributed by atoms with Crippen LogP contribution in [0.15, 0.2) is 23.0 Å². The molecule has 0 radical (unpaired) electrons. The van der Waals surface area contributed by atoms with Crippen LogP contribution in [0.4, 0.5) is 0 Å². The van der Waals surface area contributed by atoms with Crippen LogP contribution in [0, 0.1) is 34.5 Å². The van der Waals surface area contributed by atoms with Gasteiger partial charge in [-0.05, 0) is 42.6 Å². The van der Waals surface area contributed by atoms with Crippen LogP contribution >= 0.6 is 0 Å². The van der Waals surface area contributed by atoms with E-state index in [9.17, 15) is 14.4 Å². The molecule has 6 nitrogen and oxygen atoms in total. The van der Waals surface area contributed by atoms with E-state index in [0.29, 0.717) is 25.7 Å². The van der Waals surface area contributed by atoms with Crippen LogP contribution in [0.5, 0.6) is 0 Å². The van der Waals surface area contributed by atoms with Crippen molar-refractivity contribution in [1.82, 2.24) is 0 Å². The summed E-state index contributed by atoms with van der Waals surface area (Å²) < 4.78 is 16.0. The number of carbonyl (C=O) groups is 3. The minimum atomic E-state index is -0.567. The Morgan fingerprint density at radius 3 is 2.64 bits per heavy atom. The number of cyclic esters (lactones) is 1. The Hall–Kier alpha value is -2.11.